The fourth-order valence-corrected chi connectivity index (χ4v) is 3.46. The molecule has 3 rings (SSSR count). The molecule has 28 heavy (non-hydrogen) atoms. The Morgan fingerprint density at radius 3 is 2.68 bits per heavy atom. The van der Waals surface area contributed by atoms with Gasteiger partial charge in [0.15, 0.2) is 11.4 Å². The number of aromatic nitrogens is 2. The van der Waals surface area contributed by atoms with Gasteiger partial charge in [-0.2, -0.15) is 5.10 Å². The second-order valence-corrected chi connectivity index (χ2v) is 7.84. The third kappa shape index (κ3) is 5.06. The lowest BCUT2D eigenvalue weighted by molar-refractivity contribution is 0.0562. The summed E-state index contributed by atoms with van der Waals surface area (Å²) in [5.41, 5.74) is 7.22. The Hall–Kier alpha value is -2.05. The molecule has 154 valence electrons. The number of hydrogen-bond acceptors (Lipinski definition) is 4. The number of nitrogens with zero attached hydrogens (tertiary/aromatic N) is 3. The third-order valence-corrected chi connectivity index (χ3v) is 4.99. The largest absolute Gasteiger partial charge is 0.489 e. The van der Waals surface area contributed by atoms with E-state index >= 15 is 0 Å². The van der Waals surface area contributed by atoms with Crippen LogP contribution in [0.4, 0.5) is 0 Å². The van der Waals surface area contributed by atoms with Crippen LogP contribution in [-0.2, 0) is 0 Å². The summed E-state index contributed by atoms with van der Waals surface area (Å²) in [5.74, 6) is 1.39. The maximum atomic E-state index is 13.3. The van der Waals surface area contributed by atoms with Crippen molar-refractivity contribution in [3.63, 3.8) is 0 Å². The van der Waals surface area contributed by atoms with Crippen LogP contribution in [0.25, 0.3) is 5.69 Å². The summed E-state index contributed by atoms with van der Waals surface area (Å²) in [5, 5.41) is 4.58. The second-order valence-electron chi connectivity index (χ2n) is 7.84. The molecule has 1 amide bonds. The van der Waals surface area contributed by atoms with Crippen molar-refractivity contribution in [1.29, 1.82) is 0 Å². The molecule has 6 nitrogen and oxygen atoms in total. The van der Waals surface area contributed by atoms with E-state index in [1.54, 1.807) is 10.9 Å². The smallest absolute Gasteiger partial charge is 0.278 e. The molecule has 0 bridgehead atoms. The van der Waals surface area contributed by atoms with Gasteiger partial charge in [-0.1, -0.05) is 39.0 Å². The minimum Gasteiger partial charge on any atom is -0.489 e. The van der Waals surface area contributed by atoms with Crippen molar-refractivity contribution in [2.45, 2.75) is 39.7 Å². The zero-order chi connectivity index (χ0) is 19.4. The van der Waals surface area contributed by atoms with Crippen LogP contribution in [-0.4, -0.2) is 46.3 Å². The van der Waals surface area contributed by atoms with Crippen molar-refractivity contribution in [3.05, 3.63) is 42.2 Å². The van der Waals surface area contributed by atoms with E-state index in [4.69, 9.17) is 10.5 Å². The van der Waals surface area contributed by atoms with Gasteiger partial charge in [-0.3, -0.25) is 4.79 Å². The molecule has 1 fully saturated rings. The highest BCUT2D eigenvalue weighted by atomic mass is 35.5. The number of rotatable bonds is 6. The Morgan fingerprint density at radius 1 is 1.32 bits per heavy atom. The zero-order valence-electron chi connectivity index (χ0n) is 16.9. The monoisotopic (exact) mass is 406 g/mol. The molecule has 7 heteroatoms. The average Bonchev–Trinajstić information content (AvgIpc) is 3.10. The summed E-state index contributed by atoms with van der Waals surface area (Å²) in [7, 11) is 0. The summed E-state index contributed by atoms with van der Waals surface area (Å²) in [6.45, 7) is 8.10. The van der Waals surface area contributed by atoms with E-state index in [9.17, 15) is 4.79 Å². The SMILES string of the molecule is CC(C)COc1cn(-c2ccccc2)nc1C(=O)N1CCC(C)CC1CN.Cl. The molecule has 1 aromatic carbocycles. The van der Waals surface area contributed by atoms with Crippen molar-refractivity contribution in [3.8, 4) is 11.4 Å². The van der Waals surface area contributed by atoms with Crippen LogP contribution >= 0.6 is 12.4 Å². The van der Waals surface area contributed by atoms with Gasteiger partial charge in [-0.25, -0.2) is 4.68 Å². The number of piperidine rings is 1. The molecular weight excluding hydrogens is 376 g/mol. The van der Waals surface area contributed by atoms with Gasteiger partial charge in [0.2, 0.25) is 0 Å². The third-order valence-electron chi connectivity index (χ3n) is 4.99. The fraction of sp³-hybridized carbons (Fsp3) is 0.524. The van der Waals surface area contributed by atoms with Gasteiger partial charge < -0.3 is 15.4 Å². The van der Waals surface area contributed by atoms with E-state index in [0.717, 1.165) is 18.5 Å². The van der Waals surface area contributed by atoms with Crippen molar-refractivity contribution in [1.82, 2.24) is 14.7 Å². The van der Waals surface area contributed by atoms with Gasteiger partial charge in [0, 0.05) is 19.1 Å². The molecule has 0 saturated carbocycles. The maximum absolute atomic E-state index is 13.3. The number of halogens is 1. The summed E-state index contributed by atoms with van der Waals surface area (Å²) in [6.07, 6.45) is 3.72. The van der Waals surface area contributed by atoms with Crippen LogP contribution < -0.4 is 10.5 Å². The van der Waals surface area contributed by atoms with E-state index < -0.39 is 0 Å². The van der Waals surface area contributed by atoms with Gasteiger partial charge >= 0.3 is 0 Å². The number of likely N-dealkylation sites (tertiary alicyclic amines) is 1. The first-order valence-corrected chi connectivity index (χ1v) is 9.78. The predicted molar refractivity (Wildman–Crippen MR) is 113 cm³/mol. The zero-order valence-corrected chi connectivity index (χ0v) is 17.7. The Kier molecular flexibility index (Phi) is 7.89. The van der Waals surface area contributed by atoms with E-state index in [1.165, 1.54) is 0 Å². The highest BCUT2D eigenvalue weighted by molar-refractivity contribution is 5.95. The second kappa shape index (κ2) is 9.94. The molecule has 2 heterocycles. The first kappa shape index (κ1) is 22.2. The molecule has 2 atom stereocenters. The Morgan fingerprint density at radius 2 is 2.04 bits per heavy atom. The van der Waals surface area contributed by atoms with E-state index in [1.807, 2.05) is 35.2 Å². The van der Waals surface area contributed by atoms with Crippen molar-refractivity contribution in [2.24, 2.45) is 17.6 Å². The lowest BCUT2D eigenvalue weighted by Gasteiger charge is -2.37. The summed E-state index contributed by atoms with van der Waals surface area (Å²) in [4.78, 5) is 15.2. The molecule has 2 unspecified atom stereocenters. The maximum Gasteiger partial charge on any atom is 0.278 e. The predicted octanol–water partition coefficient (Wildman–Crippen LogP) is 3.53. The molecule has 1 saturated heterocycles. The highest BCUT2D eigenvalue weighted by Crippen LogP contribution is 2.27. The molecular formula is C21H31ClN4O2. The Bertz CT molecular complexity index is 763. The van der Waals surface area contributed by atoms with Gasteiger partial charge in [0.1, 0.15) is 0 Å². The number of para-hydroxylation sites is 1. The minimum absolute atomic E-state index is 0. The average molecular weight is 407 g/mol. The van der Waals surface area contributed by atoms with Gasteiger partial charge in [0.05, 0.1) is 18.5 Å². The van der Waals surface area contributed by atoms with Gasteiger partial charge in [-0.05, 0) is 36.8 Å². The number of ether oxygens (including phenoxy) is 1. The van der Waals surface area contributed by atoms with Crippen LogP contribution in [0.3, 0.4) is 0 Å². The topological polar surface area (TPSA) is 73.4 Å². The van der Waals surface area contributed by atoms with Gasteiger partial charge in [-0.15, -0.1) is 12.4 Å². The Balaban J connectivity index is 0.00000280. The van der Waals surface area contributed by atoms with E-state index in [-0.39, 0.29) is 24.4 Å². The molecule has 1 aliphatic heterocycles. The molecule has 0 aliphatic carbocycles. The van der Waals surface area contributed by atoms with Crippen LogP contribution in [0.5, 0.6) is 5.75 Å². The van der Waals surface area contributed by atoms with Crippen LogP contribution in [0.15, 0.2) is 36.5 Å². The normalized spacial score (nSPS) is 19.4. The summed E-state index contributed by atoms with van der Waals surface area (Å²) in [6, 6.07) is 9.82. The first-order chi connectivity index (χ1) is 13.0. The quantitative estimate of drug-likeness (QED) is 0.796. The number of amides is 1. The molecule has 2 aromatic rings. The highest BCUT2D eigenvalue weighted by Gasteiger charge is 2.32. The minimum atomic E-state index is -0.0919. The number of benzene rings is 1. The van der Waals surface area contributed by atoms with Crippen molar-refractivity contribution >= 4 is 18.3 Å². The summed E-state index contributed by atoms with van der Waals surface area (Å²) >= 11 is 0. The molecule has 1 aromatic heterocycles. The van der Waals surface area contributed by atoms with Crippen molar-refractivity contribution < 1.29 is 9.53 Å². The number of hydrogen-bond donors (Lipinski definition) is 1. The van der Waals surface area contributed by atoms with Crippen molar-refractivity contribution in [2.75, 3.05) is 19.7 Å². The van der Waals surface area contributed by atoms with E-state index in [2.05, 4.69) is 25.9 Å². The van der Waals surface area contributed by atoms with Crippen LogP contribution in [0.2, 0.25) is 0 Å². The lowest BCUT2D eigenvalue weighted by Crippen LogP contribution is -2.49. The molecule has 0 radical (unpaired) electrons. The summed E-state index contributed by atoms with van der Waals surface area (Å²) < 4.78 is 7.66. The molecule has 1 aliphatic rings. The molecule has 2 N–H and O–H groups in total. The standard InChI is InChI=1S/C21H30N4O2.ClH/c1-15(2)14-27-19-13-25(17-7-5-4-6-8-17)23-20(19)21(26)24-10-9-16(3)11-18(24)12-22;/h4-8,13,15-16,18H,9-12,14,22H2,1-3H3;1H. The van der Waals surface area contributed by atoms with Crippen LogP contribution in [0, 0.1) is 11.8 Å². The van der Waals surface area contributed by atoms with Gasteiger partial charge in [0.25, 0.3) is 5.91 Å². The number of carbonyl (C=O) groups is 1. The number of carbonyl (C=O) groups excluding carboxylic acids is 1. The first-order valence-electron chi connectivity index (χ1n) is 9.78. The fourth-order valence-electron chi connectivity index (χ4n) is 3.46. The van der Waals surface area contributed by atoms with E-state index in [0.29, 0.717) is 43.0 Å². The molecule has 0 spiro atoms. The Labute approximate surface area is 173 Å². The van der Waals surface area contributed by atoms with Crippen LogP contribution in [0.1, 0.15) is 44.1 Å². The number of nitrogens with two attached hydrogens (primary N) is 1. The lowest BCUT2D eigenvalue weighted by atomic mass is 9.92.